The third kappa shape index (κ3) is 2.29. The molecule has 0 unspecified atom stereocenters. The smallest absolute Gasteiger partial charge is 0.235 e. The number of hydrogen-bond donors (Lipinski definition) is 1. The van der Waals surface area contributed by atoms with E-state index in [-0.39, 0.29) is 35.5 Å². The quantitative estimate of drug-likeness (QED) is 0.747. The Hall–Kier alpha value is -2.53. The van der Waals surface area contributed by atoms with Gasteiger partial charge in [0.1, 0.15) is 5.88 Å². The van der Waals surface area contributed by atoms with Crippen LogP contribution in [-0.2, 0) is 11.3 Å². The third-order valence-corrected chi connectivity index (χ3v) is 3.73. The molecule has 1 N–H and O–H groups in total. The highest BCUT2D eigenvalue weighted by atomic mass is 35.5. The lowest BCUT2D eigenvalue weighted by Gasteiger charge is -2.19. The zero-order valence-electron chi connectivity index (χ0n) is 11.4. The van der Waals surface area contributed by atoms with Gasteiger partial charge in [-0.25, -0.2) is 0 Å². The van der Waals surface area contributed by atoms with E-state index < -0.39 is 0 Å². The van der Waals surface area contributed by atoms with Crippen LogP contribution in [0.4, 0.5) is 0 Å². The van der Waals surface area contributed by atoms with Crippen LogP contribution in [0.3, 0.4) is 0 Å². The van der Waals surface area contributed by atoms with E-state index in [4.69, 9.17) is 11.6 Å². The molecule has 1 amide bonds. The zero-order valence-corrected chi connectivity index (χ0v) is 12.2. The van der Waals surface area contributed by atoms with Crippen molar-refractivity contribution < 1.29 is 14.4 Å². The summed E-state index contributed by atoms with van der Waals surface area (Å²) in [7, 11) is 0. The van der Waals surface area contributed by atoms with Gasteiger partial charge in [0.05, 0.1) is 17.8 Å². The van der Waals surface area contributed by atoms with Crippen molar-refractivity contribution in [2.45, 2.75) is 6.54 Å². The summed E-state index contributed by atoms with van der Waals surface area (Å²) in [6.07, 6.45) is 1.46. The molecule has 1 aromatic carbocycles. The second kappa shape index (κ2) is 5.69. The molecule has 2 aromatic rings. The van der Waals surface area contributed by atoms with E-state index in [1.54, 1.807) is 24.3 Å². The SMILES string of the molecule is O=C(CCl)NCc1nccc2c1C(=O)c1ccccc1C2=O. The van der Waals surface area contributed by atoms with Crippen LogP contribution in [0, 0.1) is 0 Å². The predicted molar refractivity (Wildman–Crippen MR) is 80.1 cm³/mol. The first-order chi connectivity index (χ1) is 10.6. The van der Waals surface area contributed by atoms with Crippen molar-refractivity contribution in [1.29, 1.82) is 0 Å². The monoisotopic (exact) mass is 314 g/mol. The summed E-state index contributed by atoms with van der Waals surface area (Å²) in [4.78, 5) is 40.6. The molecule has 1 aliphatic rings. The summed E-state index contributed by atoms with van der Waals surface area (Å²) in [6.45, 7) is 0.0515. The van der Waals surface area contributed by atoms with Gasteiger partial charge in [-0.05, 0) is 6.07 Å². The molecule has 0 fully saturated rings. The molecule has 5 nitrogen and oxygen atoms in total. The average Bonchev–Trinajstić information content (AvgIpc) is 2.57. The number of fused-ring (bicyclic) bond motifs is 2. The van der Waals surface area contributed by atoms with Crippen LogP contribution in [-0.4, -0.2) is 28.3 Å². The number of alkyl halides is 1. The van der Waals surface area contributed by atoms with Crippen LogP contribution in [0.15, 0.2) is 36.5 Å². The molecule has 1 aromatic heterocycles. The van der Waals surface area contributed by atoms with Gasteiger partial charge >= 0.3 is 0 Å². The highest BCUT2D eigenvalue weighted by molar-refractivity contribution is 6.29. The van der Waals surface area contributed by atoms with E-state index in [2.05, 4.69) is 10.3 Å². The fraction of sp³-hybridized carbons (Fsp3) is 0.125. The average molecular weight is 315 g/mol. The molecular formula is C16H11ClN2O3. The molecule has 110 valence electrons. The van der Waals surface area contributed by atoms with Crippen molar-refractivity contribution in [2.24, 2.45) is 0 Å². The van der Waals surface area contributed by atoms with Crippen LogP contribution in [0.2, 0.25) is 0 Å². The Labute approximate surface area is 131 Å². The summed E-state index contributed by atoms with van der Waals surface area (Å²) in [5, 5.41) is 2.56. The number of carbonyl (C=O) groups is 3. The highest BCUT2D eigenvalue weighted by Gasteiger charge is 2.31. The van der Waals surface area contributed by atoms with Gasteiger partial charge in [-0.3, -0.25) is 19.4 Å². The van der Waals surface area contributed by atoms with E-state index in [1.807, 2.05) is 0 Å². The van der Waals surface area contributed by atoms with Gasteiger partial charge in [0, 0.05) is 22.9 Å². The number of aromatic nitrogens is 1. The fourth-order valence-electron chi connectivity index (χ4n) is 2.47. The van der Waals surface area contributed by atoms with E-state index >= 15 is 0 Å². The van der Waals surface area contributed by atoms with E-state index in [1.165, 1.54) is 12.3 Å². The second-order valence-electron chi connectivity index (χ2n) is 4.79. The molecule has 0 atom stereocenters. The van der Waals surface area contributed by atoms with E-state index in [0.717, 1.165) is 0 Å². The molecule has 0 radical (unpaired) electrons. The van der Waals surface area contributed by atoms with Crippen molar-refractivity contribution in [2.75, 3.05) is 5.88 Å². The Morgan fingerprint density at radius 2 is 1.73 bits per heavy atom. The summed E-state index contributed by atoms with van der Waals surface area (Å²) >= 11 is 5.43. The Morgan fingerprint density at radius 3 is 2.41 bits per heavy atom. The molecule has 0 bridgehead atoms. The molecule has 0 saturated heterocycles. The lowest BCUT2D eigenvalue weighted by Crippen LogP contribution is -2.28. The van der Waals surface area contributed by atoms with Crippen molar-refractivity contribution in [3.8, 4) is 0 Å². The molecule has 0 spiro atoms. The molecule has 0 saturated carbocycles. The minimum atomic E-state index is -0.365. The Morgan fingerprint density at radius 1 is 1.05 bits per heavy atom. The van der Waals surface area contributed by atoms with Gasteiger partial charge in [0.15, 0.2) is 11.6 Å². The maximum Gasteiger partial charge on any atom is 0.235 e. The van der Waals surface area contributed by atoms with Crippen molar-refractivity contribution >= 4 is 29.1 Å². The van der Waals surface area contributed by atoms with Crippen molar-refractivity contribution in [1.82, 2.24) is 10.3 Å². The molecule has 22 heavy (non-hydrogen) atoms. The number of ketones is 2. The third-order valence-electron chi connectivity index (χ3n) is 3.49. The van der Waals surface area contributed by atoms with Gasteiger partial charge in [-0.1, -0.05) is 24.3 Å². The number of hydrogen-bond acceptors (Lipinski definition) is 4. The second-order valence-corrected chi connectivity index (χ2v) is 5.06. The first-order valence-electron chi connectivity index (χ1n) is 6.62. The number of rotatable bonds is 3. The number of carbonyl (C=O) groups excluding carboxylic acids is 3. The van der Waals surface area contributed by atoms with E-state index in [9.17, 15) is 14.4 Å². The largest absolute Gasteiger partial charge is 0.349 e. The number of nitrogens with zero attached hydrogens (tertiary/aromatic N) is 1. The highest BCUT2D eigenvalue weighted by Crippen LogP contribution is 2.28. The zero-order chi connectivity index (χ0) is 15.7. The number of nitrogens with one attached hydrogen (secondary N) is 1. The molecular weight excluding hydrogens is 304 g/mol. The van der Waals surface area contributed by atoms with E-state index in [0.29, 0.717) is 22.4 Å². The Bertz CT molecular complexity index is 802. The minimum absolute atomic E-state index is 0.0515. The normalized spacial score (nSPS) is 12.6. The van der Waals surface area contributed by atoms with Crippen LogP contribution in [0.5, 0.6) is 0 Å². The van der Waals surface area contributed by atoms with Crippen LogP contribution in [0.1, 0.15) is 37.5 Å². The van der Waals surface area contributed by atoms with Gasteiger partial charge in [0.2, 0.25) is 5.91 Å². The lowest BCUT2D eigenvalue weighted by atomic mass is 9.83. The van der Waals surface area contributed by atoms with Gasteiger partial charge < -0.3 is 5.32 Å². The Balaban J connectivity index is 2.07. The standard InChI is InChI=1S/C16H11ClN2O3/c17-7-13(20)19-8-12-14-11(5-6-18-12)15(21)9-3-1-2-4-10(9)16(14)22/h1-6H,7-8H2,(H,19,20). The van der Waals surface area contributed by atoms with Gasteiger partial charge in [-0.15, -0.1) is 11.6 Å². The van der Waals surface area contributed by atoms with Gasteiger partial charge in [-0.2, -0.15) is 0 Å². The topological polar surface area (TPSA) is 76.1 Å². The first kappa shape index (κ1) is 14.4. The number of pyridine rings is 1. The maximum atomic E-state index is 12.7. The predicted octanol–water partition coefficient (Wildman–Crippen LogP) is 1.71. The fourth-order valence-corrected chi connectivity index (χ4v) is 2.56. The van der Waals surface area contributed by atoms with Crippen LogP contribution in [0.25, 0.3) is 0 Å². The molecule has 1 aliphatic carbocycles. The summed E-state index contributed by atoms with van der Waals surface area (Å²) in [5.41, 5.74) is 1.68. The number of amides is 1. The van der Waals surface area contributed by atoms with Crippen molar-refractivity contribution in [3.05, 3.63) is 64.5 Å². The van der Waals surface area contributed by atoms with Gasteiger partial charge in [0.25, 0.3) is 0 Å². The Kier molecular flexibility index (Phi) is 3.73. The summed E-state index contributed by atoms with van der Waals surface area (Å²) in [6, 6.07) is 8.21. The molecule has 3 rings (SSSR count). The maximum absolute atomic E-state index is 12.7. The van der Waals surface area contributed by atoms with Crippen LogP contribution < -0.4 is 5.32 Å². The van der Waals surface area contributed by atoms with Crippen molar-refractivity contribution in [3.63, 3.8) is 0 Å². The molecule has 0 aliphatic heterocycles. The molecule has 6 heteroatoms. The van der Waals surface area contributed by atoms with Crippen LogP contribution >= 0.6 is 11.6 Å². The summed E-state index contributed by atoms with van der Waals surface area (Å²) in [5.74, 6) is -1.01. The molecule has 1 heterocycles. The number of halogens is 1. The summed E-state index contributed by atoms with van der Waals surface area (Å²) < 4.78 is 0. The lowest BCUT2D eigenvalue weighted by molar-refractivity contribution is -0.118. The minimum Gasteiger partial charge on any atom is -0.349 e. The first-order valence-corrected chi connectivity index (χ1v) is 7.16. The number of benzene rings is 1.